The van der Waals surface area contributed by atoms with Gasteiger partial charge in [0.25, 0.3) is 0 Å². The molecule has 10 heteroatoms. The fourth-order valence-electron chi connectivity index (χ4n) is 3.08. The number of benzene rings is 2. The van der Waals surface area contributed by atoms with Crippen molar-refractivity contribution in [2.45, 2.75) is 11.8 Å². The lowest BCUT2D eigenvalue weighted by molar-refractivity contribution is 0.425. The summed E-state index contributed by atoms with van der Waals surface area (Å²) in [7, 11) is 4.03. The largest absolute Gasteiger partial charge is 0.368 e. The topological polar surface area (TPSA) is 81.8 Å². The summed E-state index contributed by atoms with van der Waals surface area (Å²) in [5, 5.41) is 11.5. The molecular formula is C22H23F2N7S. The van der Waals surface area contributed by atoms with E-state index in [0.717, 1.165) is 71.4 Å². The minimum absolute atomic E-state index is 0.185. The van der Waals surface area contributed by atoms with Gasteiger partial charge in [-0.3, -0.25) is 5.10 Å². The first-order valence-electron chi connectivity index (χ1n) is 10.0. The number of aromatic nitrogens is 4. The Bertz CT molecular complexity index is 1230. The number of rotatable bonds is 8. The first-order chi connectivity index (χ1) is 15.4. The van der Waals surface area contributed by atoms with Crippen molar-refractivity contribution in [3.63, 3.8) is 0 Å². The molecule has 2 heterocycles. The van der Waals surface area contributed by atoms with Crippen LogP contribution >= 0.6 is 11.9 Å². The van der Waals surface area contributed by atoms with Gasteiger partial charge in [0.2, 0.25) is 0 Å². The van der Waals surface area contributed by atoms with E-state index in [1.54, 1.807) is 0 Å². The quantitative estimate of drug-likeness (QED) is 0.332. The molecule has 3 N–H and O–H groups in total. The molecule has 7 nitrogen and oxygen atoms in total. The molecule has 4 aromatic rings. The molecule has 2 aromatic carbocycles. The Labute approximate surface area is 188 Å². The van der Waals surface area contributed by atoms with Crippen LogP contribution in [0.3, 0.4) is 0 Å². The van der Waals surface area contributed by atoms with Crippen molar-refractivity contribution >= 4 is 34.5 Å². The summed E-state index contributed by atoms with van der Waals surface area (Å²) in [6.07, 6.45) is 0. The fraction of sp³-hybridized carbons (Fsp3) is 0.227. The number of likely N-dealkylation sites (N-methyl/N-ethyl adjacent to an activating group) is 1. The van der Waals surface area contributed by atoms with Crippen LogP contribution in [0.2, 0.25) is 0 Å². The van der Waals surface area contributed by atoms with Crippen molar-refractivity contribution in [3.05, 3.63) is 59.8 Å². The lowest BCUT2D eigenvalue weighted by Gasteiger charge is -2.12. The normalized spacial score (nSPS) is 11.3. The van der Waals surface area contributed by atoms with Crippen molar-refractivity contribution in [3.8, 4) is 11.4 Å². The lowest BCUT2D eigenvalue weighted by Crippen LogP contribution is -2.21. The van der Waals surface area contributed by atoms with Crippen LogP contribution < -0.4 is 10.0 Å². The molecule has 0 aliphatic heterocycles. The predicted molar refractivity (Wildman–Crippen MR) is 125 cm³/mol. The molecule has 0 spiro atoms. The number of halogens is 2. The molecular weight excluding hydrogens is 432 g/mol. The Morgan fingerprint density at radius 3 is 2.59 bits per heavy atom. The third kappa shape index (κ3) is 4.97. The monoisotopic (exact) mass is 455 g/mol. The van der Waals surface area contributed by atoms with Gasteiger partial charge in [-0.2, -0.15) is 5.10 Å². The maximum absolute atomic E-state index is 13.8. The first-order valence-corrected chi connectivity index (χ1v) is 10.8. The van der Waals surface area contributed by atoms with Crippen molar-refractivity contribution in [1.82, 2.24) is 25.1 Å². The van der Waals surface area contributed by atoms with Crippen LogP contribution in [0.4, 0.5) is 20.3 Å². The van der Waals surface area contributed by atoms with Gasteiger partial charge in [-0.1, -0.05) is 0 Å². The number of nitrogens with one attached hydrogen (secondary N) is 3. The van der Waals surface area contributed by atoms with Crippen LogP contribution in [0.25, 0.3) is 22.4 Å². The second kappa shape index (κ2) is 9.49. The third-order valence-electron chi connectivity index (χ3n) is 4.76. The highest BCUT2D eigenvalue weighted by atomic mass is 32.2. The highest BCUT2D eigenvalue weighted by Crippen LogP contribution is 2.28. The van der Waals surface area contributed by atoms with Gasteiger partial charge in [0, 0.05) is 30.0 Å². The predicted octanol–water partition coefficient (Wildman–Crippen LogP) is 4.70. The maximum Gasteiger partial charge on any atom is 0.186 e. The van der Waals surface area contributed by atoms with Gasteiger partial charge in [0.05, 0.1) is 10.3 Å². The third-order valence-corrected chi connectivity index (χ3v) is 5.63. The van der Waals surface area contributed by atoms with E-state index < -0.39 is 11.6 Å². The zero-order valence-corrected chi connectivity index (χ0v) is 18.7. The summed E-state index contributed by atoms with van der Waals surface area (Å²) in [4.78, 5) is 11.6. The second-order valence-corrected chi connectivity index (χ2v) is 8.38. The molecule has 0 aliphatic carbocycles. The molecule has 166 valence electrons. The van der Waals surface area contributed by atoms with Crippen LogP contribution in [0, 0.1) is 18.6 Å². The Hall–Kier alpha value is -3.24. The lowest BCUT2D eigenvalue weighted by atomic mass is 10.2. The van der Waals surface area contributed by atoms with Gasteiger partial charge in [0.15, 0.2) is 11.5 Å². The van der Waals surface area contributed by atoms with E-state index in [9.17, 15) is 8.78 Å². The Morgan fingerprint density at radius 2 is 1.84 bits per heavy atom. The zero-order chi connectivity index (χ0) is 22.7. The molecule has 0 atom stereocenters. The van der Waals surface area contributed by atoms with E-state index in [-0.39, 0.29) is 4.90 Å². The highest BCUT2D eigenvalue weighted by molar-refractivity contribution is 8.00. The highest BCUT2D eigenvalue weighted by Gasteiger charge is 2.14. The van der Waals surface area contributed by atoms with E-state index in [2.05, 4.69) is 30.1 Å². The van der Waals surface area contributed by atoms with Gasteiger partial charge in [-0.05, 0) is 75.4 Å². The van der Waals surface area contributed by atoms with E-state index in [1.807, 2.05) is 45.3 Å². The van der Waals surface area contributed by atoms with Crippen LogP contribution in [-0.4, -0.2) is 52.3 Å². The van der Waals surface area contributed by atoms with Gasteiger partial charge in [0.1, 0.15) is 17.5 Å². The fourth-order valence-corrected chi connectivity index (χ4v) is 3.78. The van der Waals surface area contributed by atoms with E-state index >= 15 is 0 Å². The molecule has 0 amide bonds. The van der Waals surface area contributed by atoms with Crippen molar-refractivity contribution in [2.75, 3.05) is 37.2 Å². The van der Waals surface area contributed by atoms with Crippen LogP contribution in [0.1, 0.15) is 5.69 Å². The smallest absolute Gasteiger partial charge is 0.186 e. The van der Waals surface area contributed by atoms with E-state index in [0.29, 0.717) is 11.5 Å². The number of nitrogens with zero attached hydrogens (tertiary/aromatic N) is 4. The molecule has 0 radical (unpaired) electrons. The Morgan fingerprint density at radius 1 is 1.06 bits per heavy atom. The summed E-state index contributed by atoms with van der Waals surface area (Å²) in [5.74, 6) is 0.317. The summed E-state index contributed by atoms with van der Waals surface area (Å²) in [5.41, 5.74) is 3.05. The first kappa shape index (κ1) is 22.0. The van der Waals surface area contributed by atoms with Crippen LogP contribution in [0.5, 0.6) is 0 Å². The van der Waals surface area contributed by atoms with Gasteiger partial charge < -0.3 is 14.9 Å². The molecule has 0 fully saturated rings. The van der Waals surface area contributed by atoms with E-state index in [4.69, 9.17) is 4.98 Å². The van der Waals surface area contributed by atoms with E-state index in [1.165, 1.54) is 0 Å². The number of aromatic amines is 1. The zero-order valence-electron chi connectivity index (χ0n) is 17.9. The van der Waals surface area contributed by atoms with Crippen LogP contribution in [0.15, 0.2) is 47.4 Å². The van der Waals surface area contributed by atoms with Crippen molar-refractivity contribution in [1.29, 1.82) is 0 Å². The number of anilines is 2. The minimum atomic E-state index is -0.484. The summed E-state index contributed by atoms with van der Waals surface area (Å²) >= 11 is 1.01. The summed E-state index contributed by atoms with van der Waals surface area (Å²) in [6.45, 7) is 3.54. The molecule has 32 heavy (non-hydrogen) atoms. The van der Waals surface area contributed by atoms with Gasteiger partial charge in [-0.25, -0.2) is 18.7 Å². The second-order valence-electron chi connectivity index (χ2n) is 7.53. The molecule has 0 saturated carbocycles. The average molecular weight is 456 g/mol. The molecule has 0 bridgehead atoms. The average Bonchev–Trinajstić information content (AvgIpc) is 3.15. The molecule has 0 unspecified atom stereocenters. The van der Waals surface area contributed by atoms with Crippen LogP contribution in [-0.2, 0) is 0 Å². The number of hydrogen-bond donors (Lipinski definition) is 3. The number of H-pyrrole nitrogens is 1. The summed E-state index contributed by atoms with van der Waals surface area (Å²) < 4.78 is 30.2. The molecule has 0 aliphatic rings. The summed E-state index contributed by atoms with van der Waals surface area (Å²) in [6, 6.07) is 10.8. The van der Waals surface area contributed by atoms with Crippen molar-refractivity contribution < 1.29 is 8.78 Å². The number of aryl methyl sites for hydroxylation is 1. The minimum Gasteiger partial charge on any atom is -0.368 e. The van der Waals surface area contributed by atoms with Gasteiger partial charge >= 0.3 is 0 Å². The molecule has 4 rings (SSSR count). The number of fused-ring (bicyclic) bond motifs is 1. The Kier molecular flexibility index (Phi) is 6.52. The standard InChI is InChI=1S/C22H23F2N7S/c1-13-19-21(25-10-11-31(2)3)26-20(27-22(19)29-28-13)14-4-7-16(8-5-14)30-32-18-12-15(23)6-9-17(18)24/h4-9,12,30H,10-11H2,1-3H3,(H2,25,26,27,28,29). The molecule has 2 aromatic heterocycles. The SMILES string of the molecule is Cc1[nH]nc2nc(-c3ccc(NSc4cc(F)ccc4F)cc3)nc(NCCN(C)C)c12. The molecule has 0 saturated heterocycles. The van der Waals surface area contributed by atoms with Crippen molar-refractivity contribution in [2.24, 2.45) is 0 Å². The maximum atomic E-state index is 13.8. The van der Waals surface area contributed by atoms with Gasteiger partial charge in [-0.15, -0.1) is 0 Å². The Balaban J connectivity index is 1.54. The number of hydrogen-bond acceptors (Lipinski definition) is 7.